The number of nitrogens with one attached hydrogen (secondary N) is 1. The molecule has 7 heteroatoms. The van der Waals surface area contributed by atoms with Crippen LogP contribution in [0.1, 0.15) is 19.3 Å². The summed E-state index contributed by atoms with van der Waals surface area (Å²) in [5, 5.41) is 3.31. The minimum Gasteiger partial charge on any atom is -0.497 e. The van der Waals surface area contributed by atoms with Gasteiger partial charge in [0.2, 0.25) is 5.91 Å². The fraction of sp³-hybridized carbons (Fsp3) is 0.600. The van der Waals surface area contributed by atoms with Gasteiger partial charge in [0.25, 0.3) is 0 Å². The van der Waals surface area contributed by atoms with E-state index in [-0.39, 0.29) is 23.4 Å². The number of nitrogens with zero attached hydrogens (tertiary/aromatic N) is 2. The summed E-state index contributed by atoms with van der Waals surface area (Å²) in [6.07, 6.45) is 2.37. The van der Waals surface area contributed by atoms with Crippen molar-refractivity contribution in [2.75, 3.05) is 51.3 Å². The number of ether oxygens (including phenoxy) is 2. The van der Waals surface area contributed by atoms with Gasteiger partial charge in [0, 0.05) is 37.8 Å². The third-order valence-corrected chi connectivity index (χ3v) is 6.01. The molecule has 0 aromatic heterocycles. The van der Waals surface area contributed by atoms with Crippen molar-refractivity contribution in [2.24, 2.45) is 5.41 Å². The molecule has 3 aliphatic rings. The lowest BCUT2D eigenvalue weighted by Crippen LogP contribution is -2.52. The monoisotopic (exact) mass is 373 g/mol. The summed E-state index contributed by atoms with van der Waals surface area (Å²) < 4.78 is 10.9. The maximum Gasteiger partial charge on any atom is 0.312 e. The number of esters is 1. The molecule has 1 amide bonds. The Bertz CT molecular complexity index is 717. The Morgan fingerprint density at radius 3 is 2.81 bits per heavy atom. The molecule has 3 aliphatic heterocycles. The molecule has 7 nitrogen and oxygen atoms in total. The summed E-state index contributed by atoms with van der Waals surface area (Å²) in [4.78, 5) is 29.0. The van der Waals surface area contributed by atoms with Gasteiger partial charge < -0.3 is 19.7 Å². The summed E-state index contributed by atoms with van der Waals surface area (Å²) in [5.41, 5.74) is 0.558. The highest BCUT2D eigenvalue weighted by Crippen LogP contribution is 2.41. The van der Waals surface area contributed by atoms with Crippen LogP contribution >= 0.6 is 0 Å². The van der Waals surface area contributed by atoms with Gasteiger partial charge in [-0.2, -0.15) is 0 Å². The molecule has 0 bridgehead atoms. The molecule has 1 unspecified atom stereocenters. The maximum atomic E-state index is 12.7. The number of anilines is 1. The average Bonchev–Trinajstić information content (AvgIpc) is 2.96. The second kappa shape index (κ2) is 7.48. The molecule has 27 heavy (non-hydrogen) atoms. The fourth-order valence-corrected chi connectivity index (χ4v) is 4.47. The topological polar surface area (TPSA) is 71.1 Å². The average molecular weight is 373 g/mol. The van der Waals surface area contributed by atoms with Gasteiger partial charge in [0.1, 0.15) is 11.9 Å². The van der Waals surface area contributed by atoms with Gasteiger partial charge in [-0.25, -0.2) is 0 Å². The quantitative estimate of drug-likeness (QED) is 0.795. The maximum absolute atomic E-state index is 12.7. The number of carbonyl (C=O) groups excluding carboxylic acids is 2. The van der Waals surface area contributed by atoms with Crippen molar-refractivity contribution in [3.8, 4) is 5.75 Å². The molecule has 0 aliphatic carbocycles. The number of hydrogen-bond donors (Lipinski definition) is 1. The second-order valence-corrected chi connectivity index (χ2v) is 7.74. The Morgan fingerprint density at radius 1 is 1.26 bits per heavy atom. The fourth-order valence-electron chi connectivity index (χ4n) is 4.47. The van der Waals surface area contributed by atoms with Crippen molar-refractivity contribution < 1.29 is 19.1 Å². The molecule has 1 aromatic rings. The van der Waals surface area contributed by atoms with Crippen LogP contribution in [-0.4, -0.2) is 69.3 Å². The van der Waals surface area contributed by atoms with E-state index in [0.29, 0.717) is 19.6 Å². The van der Waals surface area contributed by atoms with E-state index >= 15 is 0 Å². The van der Waals surface area contributed by atoms with Gasteiger partial charge in [0.05, 0.1) is 19.1 Å². The van der Waals surface area contributed by atoms with E-state index in [1.54, 1.807) is 12.0 Å². The molecule has 1 aromatic carbocycles. The lowest BCUT2D eigenvalue weighted by Gasteiger charge is -2.35. The summed E-state index contributed by atoms with van der Waals surface area (Å²) in [6, 6.07) is 7.57. The molecule has 1 atom stereocenters. The van der Waals surface area contributed by atoms with Gasteiger partial charge in [-0.15, -0.1) is 0 Å². The molecule has 4 rings (SSSR count). The zero-order valence-electron chi connectivity index (χ0n) is 15.8. The molecule has 3 fully saturated rings. The van der Waals surface area contributed by atoms with E-state index in [2.05, 4.69) is 10.2 Å². The van der Waals surface area contributed by atoms with Crippen molar-refractivity contribution in [1.29, 1.82) is 0 Å². The van der Waals surface area contributed by atoms with Crippen LogP contribution in [0.5, 0.6) is 5.75 Å². The molecule has 3 saturated heterocycles. The van der Waals surface area contributed by atoms with Crippen LogP contribution in [0.15, 0.2) is 24.3 Å². The summed E-state index contributed by atoms with van der Waals surface area (Å²) in [6.45, 7) is 4.13. The minimum absolute atomic E-state index is 0.0460. The highest BCUT2D eigenvalue weighted by molar-refractivity contribution is 5.95. The van der Waals surface area contributed by atoms with Crippen LogP contribution in [0, 0.1) is 5.41 Å². The zero-order chi connectivity index (χ0) is 18.9. The van der Waals surface area contributed by atoms with Gasteiger partial charge in [-0.05, 0) is 38.1 Å². The molecule has 3 heterocycles. The minimum atomic E-state index is -0.303. The lowest BCUT2D eigenvalue weighted by atomic mass is 9.76. The van der Waals surface area contributed by atoms with Crippen LogP contribution in [0.2, 0.25) is 0 Å². The highest BCUT2D eigenvalue weighted by Gasteiger charge is 2.49. The second-order valence-electron chi connectivity index (χ2n) is 7.74. The number of methoxy groups -OCH3 is 1. The molecule has 1 spiro atoms. The van der Waals surface area contributed by atoms with E-state index in [4.69, 9.17) is 9.47 Å². The van der Waals surface area contributed by atoms with E-state index in [1.807, 2.05) is 24.3 Å². The molecular formula is C20H27N3O4. The first-order chi connectivity index (χ1) is 13.1. The van der Waals surface area contributed by atoms with E-state index in [1.165, 1.54) is 0 Å². The standard InChI is InChI=1S/C20H27N3O4/c1-26-16-4-2-3-15(11-16)23-10-9-22(14-18(23)24)13-17-12-20(19(25)27-17)5-7-21-8-6-20/h2-4,11,17,21H,5-10,12-14H2,1H3. The Morgan fingerprint density at radius 2 is 2.07 bits per heavy atom. The lowest BCUT2D eigenvalue weighted by molar-refractivity contribution is -0.150. The summed E-state index contributed by atoms with van der Waals surface area (Å²) in [7, 11) is 1.62. The highest BCUT2D eigenvalue weighted by atomic mass is 16.6. The van der Waals surface area contributed by atoms with Crippen molar-refractivity contribution >= 4 is 17.6 Å². The van der Waals surface area contributed by atoms with Crippen molar-refractivity contribution in [1.82, 2.24) is 10.2 Å². The zero-order valence-corrected chi connectivity index (χ0v) is 15.8. The predicted octanol–water partition coefficient (Wildman–Crippen LogP) is 1.03. The van der Waals surface area contributed by atoms with Crippen LogP contribution in [0.4, 0.5) is 5.69 Å². The molecule has 1 N–H and O–H groups in total. The number of benzene rings is 1. The first-order valence-electron chi connectivity index (χ1n) is 9.68. The predicted molar refractivity (Wildman–Crippen MR) is 101 cm³/mol. The smallest absolute Gasteiger partial charge is 0.312 e. The molecule has 146 valence electrons. The van der Waals surface area contributed by atoms with Gasteiger partial charge in [-0.1, -0.05) is 6.07 Å². The first kappa shape index (κ1) is 18.3. The van der Waals surface area contributed by atoms with Crippen molar-refractivity contribution in [2.45, 2.75) is 25.4 Å². The Hall–Kier alpha value is -2.12. The van der Waals surface area contributed by atoms with Gasteiger partial charge >= 0.3 is 5.97 Å². The Balaban J connectivity index is 1.35. The molecule has 0 saturated carbocycles. The van der Waals surface area contributed by atoms with Crippen LogP contribution in [0.3, 0.4) is 0 Å². The van der Waals surface area contributed by atoms with Crippen LogP contribution in [-0.2, 0) is 14.3 Å². The number of cyclic esters (lactones) is 1. The van der Waals surface area contributed by atoms with Crippen LogP contribution in [0.25, 0.3) is 0 Å². The number of piperidine rings is 1. The summed E-state index contributed by atoms with van der Waals surface area (Å²) in [5.74, 6) is 0.763. The normalized spacial score (nSPS) is 25.7. The number of rotatable bonds is 4. The third-order valence-electron chi connectivity index (χ3n) is 6.01. The molecule has 0 radical (unpaired) electrons. The van der Waals surface area contributed by atoms with E-state index < -0.39 is 0 Å². The third kappa shape index (κ3) is 3.66. The molecular weight excluding hydrogens is 346 g/mol. The van der Waals surface area contributed by atoms with Crippen LogP contribution < -0.4 is 15.0 Å². The SMILES string of the molecule is COc1cccc(N2CCN(CC3CC4(CCNCC4)C(=O)O3)CC2=O)c1. The van der Waals surface area contributed by atoms with E-state index in [9.17, 15) is 9.59 Å². The van der Waals surface area contributed by atoms with Crippen molar-refractivity contribution in [3.05, 3.63) is 24.3 Å². The van der Waals surface area contributed by atoms with Gasteiger partial charge in [-0.3, -0.25) is 14.5 Å². The van der Waals surface area contributed by atoms with E-state index in [0.717, 1.165) is 50.3 Å². The first-order valence-corrected chi connectivity index (χ1v) is 9.68. The number of hydrogen-bond acceptors (Lipinski definition) is 6. The van der Waals surface area contributed by atoms with Gasteiger partial charge in [0.15, 0.2) is 0 Å². The largest absolute Gasteiger partial charge is 0.497 e. The Kier molecular flexibility index (Phi) is 5.06. The number of amides is 1. The summed E-state index contributed by atoms with van der Waals surface area (Å²) >= 11 is 0. The number of carbonyl (C=O) groups is 2. The Labute approximate surface area is 159 Å². The van der Waals surface area contributed by atoms with Crippen molar-refractivity contribution in [3.63, 3.8) is 0 Å². The number of piperazine rings is 1.